The van der Waals surface area contributed by atoms with Crippen molar-refractivity contribution in [1.82, 2.24) is 0 Å². The number of rotatable bonds is 4. The molecule has 0 rings (SSSR count). The maximum atomic E-state index is 10.8. The Morgan fingerprint density at radius 3 is 2.08 bits per heavy atom. The number of nitrogens with zero attached hydrogens (tertiary/aromatic N) is 1. The molecule has 1 unspecified atom stereocenters. The summed E-state index contributed by atoms with van der Waals surface area (Å²) in [5.74, 6) is -0.423. The maximum Gasteiger partial charge on any atom is 0.334 e. The van der Waals surface area contributed by atoms with Crippen LogP contribution >= 0.6 is 0 Å². The second-order valence-electron chi connectivity index (χ2n) is 3.38. The summed E-state index contributed by atoms with van der Waals surface area (Å²) in [5.41, 5.74) is 0. The average molecular weight is 250 g/mol. The summed E-state index contributed by atoms with van der Waals surface area (Å²) < 4.78 is 5.51. The zero-order valence-corrected chi connectivity index (χ0v) is 9.87. The smallest absolute Gasteiger partial charge is 0.334 e. The topological polar surface area (TPSA) is 26.3 Å². The largest absolute Gasteiger partial charge is 1.00 e. The van der Waals surface area contributed by atoms with Gasteiger partial charge in [0.2, 0.25) is 0 Å². The van der Waals surface area contributed by atoms with E-state index in [0.29, 0.717) is 4.48 Å². The first-order chi connectivity index (χ1) is 5.41. The predicted octanol–water partition coefficient (Wildman–Crippen LogP) is -2.06. The van der Waals surface area contributed by atoms with E-state index in [9.17, 15) is 4.79 Å². The molecule has 0 amide bonds. The van der Waals surface area contributed by atoms with Crippen molar-refractivity contribution in [2.45, 2.75) is 6.23 Å². The van der Waals surface area contributed by atoms with Gasteiger partial charge < -0.3 is 21.7 Å². The minimum atomic E-state index is -0.423. The average Bonchev–Trinajstić information content (AvgIpc) is 1.97. The molecule has 0 aromatic heterocycles. The molecule has 0 heterocycles. The molecular formula is C9H16BrNO2. The van der Waals surface area contributed by atoms with Gasteiger partial charge >= 0.3 is 5.97 Å². The number of hydrogen-bond donors (Lipinski definition) is 0. The molecule has 0 radical (unpaired) electrons. The minimum Gasteiger partial charge on any atom is -1.00 e. The molecule has 0 aromatic rings. The van der Waals surface area contributed by atoms with Gasteiger partial charge in [-0.3, -0.25) is 4.48 Å². The lowest BCUT2D eigenvalue weighted by Gasteiger charge is -2.30. The van der Waals surface area contributed by atoms with Crippen LogP contribution in [0.3, 0.4) is 0 Å². The maximum absolute atomic E-state index is 10.8. The SMILES string of the molecule is C=CC(=O)OC(C=C)[N+](C)(C)C.[Br-]. The molecule has 0 aliphatic heterocycles. The number of carbonyl (C=O) groups is 1. The van der Waals surface area contributed by atoms with Crippen molar-refractivity contribution in [3.63, 3.8) is 0 Å². The van der Waals surface area contributed by atoms with Crippen LogP contribution in [-0.2, 0) is 9.53 Å². The van der Waals surface area contributed by atoms with Crippen molar-refractivity contribution in [2.75, 3.05) is 21.1 Å². The second-order valence-corrected chi connectivity index (χ2v) is 3.38. The molecule has 0 N–H and O–H groups in total. The van der Waals surface area contributed by atoms with Crippen LogP contribution in [-0.4, -0.2) is 37.8 Å². The molecule has 0 bridgehead atoms. The summed E-state index contributed by atoms with van der Waals surface area (Å²) in [6, 6.07) is 0. The summed E-state index contributed by atoms with van der Waals surface area (Å²) >= 11 is 0. The van der Waals surface area contributed by atoms with E-state index in [1.54, 1.807) is 6.08 Å². The molecule has 4 heteroatoms. The lowest BCUT2D eigenvalue weighted by Crippen LogP contribution is -3.00. The van der Waals surface area contributed by atoms with Gasteiger partial charge in [0.25, 0.3) is 6.23 Å². The van der Waals surface area contributed by atoms with Gasteiger partial charge in [-0.05, 0) is 0 Å². The normalized spacial score (nSPS) is 12.2. The Morgan fingerprint density at radius 2 is 1.85 bits per heavy atom. The Bertz CT molecular complexity index is 196. The van der Waals surface area contributed by atoms with Crippen LogP contribution in [0.4, 0.5) is 0 Å². The van der Waals surface area contributed by atoms with Crippen molar-refractivity contribution in [1.29, 1.82) is 0 Å². The van der Waals surface area contributed by atoms with E-state index >= 15 is 0 Å². The summed E-state index contributed by atoms with van der Waals surface area (Å²) in [5, 5.41) is 0. The minimum absolute atomic E-state index is 0. The first-order valence-electron chi connectivity index (χ1n) is 3.68. The van der Waals surface area contributed by atoms with Crippen molar-refractivity contribution >= 4 is 5.97 Å². The monoisotopic (exact) mass is 249 g/mol. The zero-order chi connectivity index (χ0) is 9.78. The molecule has 3 nitrogen and oxygen atoms in total. The molecule has 0 aliphatic rings. The molecule has 0 saturated heterocycles. The molecule has 0 saturated carbocycles. The third-order valence-electron chi connectivity index (χ3n) is 1.37. The van der Waals surface area contributed by atoms with Gasteiger partial charge in [0, 0.05) is 12.2 Å². The van der Waals surface area contributed by atoms with E-state index in [1.807, 2.05) is 21.1 Å². The quantitative estimate of drug-likeness (QED) is 0.188. The standard InChI is InChI=1S/C9H16NO2.BrH/c1-6-8(10(3,4)5)12-9(11)7-2;/h6-8H,1-2H2,3-5H3;1H/q+1;/p-1. The molecule has 0 fully saturated rings. The second kappa shape index (κ2) is 5.94. The van der Waals surface area contributed by atoms with Gasteiger partial charge in [0.15, 0.2) is 0 Å². The molecule has 0 aromatic carbocycles. The van der Waals surface area contributed by atoms with Gasteiger partial charge in [-0.2, -0.15) is 0 Å². The van der Waals surface area contributed by atoms with Crippen molar-refractivity contribution < 1.29 is 31.0 Å². The molecule has 76 valence electrons. The number of ether oxygens (including phenoxy) is 1. The van der Waals surface area contributed by atoms with E-state index in [0.717, 1.165) is 6.08 Å². The van der Waals surface area contributed by atoms with Crippen LogP contribution in [0.5, 0.6) is 0 Å². The van der Waals surface area contributed by atoms with E-state index in [2.05, 4.69) is 13.2 Å². The van der Waals surface area contributed by atoms with Crippen LogP contribution in [0.25, 0.3) is 0 Å². The molecule has 0 aliphatic carbocycles. The number of carbonyl (C=O) groups excluding carboxylic acids is 1. The summed E-state index contributed by atoms with van der Waals surface area (Å²) in [7, 11) is 5.76. The Morgan fingerprint density at radius 1 is 1.38 bits per heavy atom. The van der Waals surface area contributed by atoms with Crippen LogP contribution in [0, 0.1) is 0 Å². The van der Waals surface area contributed by atoms with Crippen LogP contribution in [0.15, 0.2) is 25.3 Å². The predicted molar refractivity (Wildman–Crippen MR) is 48.3 cm³/mol. The molecule has 13 heavy (non-hydrogen) atoms. The van der Waals surface area contributed by atoms with Crippen molar-refractivity contribution in [3.8, 4) is 0 Å². The number of quaternary nitrogens is 1. The highest BCUT2D eigenvalue weighted by atomic mass is 79.9. The fourth-order valence-electron chi connectivity index (χ4n) is 0.690. The van der Waals surface area contributed by atoms with Gasteiger partial charge in [0.05, 0.1) is 21.1 Å². The zero-order valence-electron chi connectivity index (χ0n) is 8.29. The van der Waals surface area contributed by atoms with E-state index in [4.69, 9.17) is 4.74 Å². The Balaban J connectivity index is 0. The highest BCUT2D eigenvalue weighted by Crippen LogP contribution is 2.05. The first-order valence-corrected chi connectivity index (χ1v) is 3.68. The molecule has 1 atom stereocenters. The summed E-state index contributed by atoms with van der Waals surface area (Å²) in [4.78, 5) is 10.8. The number of esters is 1. The fraction of sp³-hybridized carbons (Fsp3) is 0.444. The third kappa shape index (κ3) is 5.60. The van der Waals surface area contributed by atoms with E-state index < -0.39 is 5.97 Å². The van der Waals surface area contributed by atoms with E-state index in [1.165, 1.54) is 0 Å². The molecule has 0 spiro atoms. The van der Waals surface area contributed by atoms with E-state index in [-0.39, 0.29) is 23.2 Å². The third-order valence-corrected chi connectivity index (χ3v) is 1.37. The molecular weight excluding hydrogens is 234 g/mol. The summed E-state index contributed by atoms with van der Waals surface area (Å²) in [6.45, 7) is 6.90. The van der Waals surface area contributed by atoms with Crippen LogP contribution in [0.2, 0.25) is 0 Å². The van der Waals surface area contributed by atoms with Gasteiger partial charge in [-0.15, -0.1) is 0 Å². The van der Waals surface area contributed by atoms with Crippen molar-refractivity contribution in [2.24, 2.45) is 0 Å². The summed E-state index contributed by atoms with van der Waals surface area (Å²) in [6.07, 6.45) is 2.42. The highest BCUT2D eigenvalue weighted by molar-refractivity contribution is 5.81. The van der Waals surface area contributed by atoms with Crippen molar-refractivity contribution in [3.05, 3.63) is 25.3 Å². The van der Waals surface area contributed by atoms with Crippen LogP contribution in [0.1, 0.15) is 0 Å². The highest BCUT2D eigenvalue weighted by Gasteiger charge is 2.22. The Hall–Kier alpha value is -0.610. The number of likely N-dealkylation sites (N-methyl/N-ethyl adjacent to an activating group) is 1. The lowest BCUT2D eigenvalue weighted by molar-refractivity contribution is -0.908. The Kier molecular flexibility index (Phi) is 6.80. The number of halogens is 1. The van der Waals surface area contributed by atoms with Gasteiger partial charge in [-0.1, -0.05) is 13.2 Å². The van der Waals surface area contributed by atoms with Gasteiger partial charge in [-0.25, -0.2) is 4.79 Å². The fourth-order valence-corrected chi connectivity index (χ4v) is 0.690. The first kappa shape index (κ1) is 14.9. The Labute approximate surface area is 90.0 Å². The number of hydrogen-bond acceptors (Lipinski definition) is 2. The van der Waals surface area contributed by atoms with Crippen LogP contribution < -0.4 is 17.0 Å². The van der Waals surface area contributed by atoms with Gasteiger partial charge in [0.1, 0.15) is 0 Å². The lowest BCUT2D eigenvalue weighted by atomic mass is 10.4.